The van der Waals surface area contributed by atoms with Crippen molar-refractivity contribution in [2.75, 3.05) is 11.9 Å². The van der Waals surface area contributed by atoms with E-state index in [0.717, 1.165) is 38.8 Å². The molecule has 0 saturated carbocycles. The molecule has 1 unspecified atom stereocenters. The monoisotopic (exact) mass is 343 g/mol. The van der Waals surface area contributed by atoms with Crippen LogP contribution in [0.4, 0.5) is 5.69 Å². The zero-order valence-corrected chi connectivity index (χ0v) is 14.4. The van der Waals surface area contributed by atoms with Gasteiger partial charge in [0.2, 0.25) is 0 Å². The molecule has 1 atom stereocenters. The molecule has 1 fully saturated rings. The largest absolute Gasteiger partial charge is 0.321 e. The van der Waals surface area contributed by atoms with E-state index in [1.165, 1.54) is 11.3 Å². The second-order valence-electron chi connectivity index (χ2n) is 5.72. The van der Waals surface area contributed by atoms with Crippen molar-refractivity contribution >= 4 is 44.5 Å². The van der Waals surface area contributed by atoms with Gasteiger partial charge in [-0.1, -0.05) is 0 Å². The van der Waals surface area contributed by atoms with Crippen LogP contribution in [0.2, 0.25) is 0 Å². The molecule has 2 N–H and O–H groups in total. The van der Waals surface area contributed by atoms with Crippen LogP contribution in [0, 0.1) is 6.92 Å². The van der Waals surface area contributed by atoms with Crippen LogP contribution < -0.4 is 10.6 Å². The molecule has 0 spiro atoms. The van der Waals surface area contributed by atoms with Crippen molar-refractivity contribution in [3.8, 4) is 0 Å². The molecule has 4 nitrogen and oxygen atoms in total. The Morgan fingerprint density at radius 3 is 3.04 bits per heavy atom. The summed E-state index contributed by atoms with van der Waals surface area (Å²) in [5.41, 5.74) is 1.80. The Kier molecular flexibility index (Phi) is 3.88. The number of thiazole rings is 1. The fourth-order valence-corrected chi connectivity index (χ4v) is 4.78. The van der Waals surface area contributed by atoms with Gasteiger partial charge >= 0.3 is 0 Å². The van der Waals surface area contributed by atoms with E-state index < -0.39 is 0 Å². The number of aromatic nitrogens is 1. The van der Waals surface area contributed by atoms with Gasteiger partial charge in [0, 0.05) is 16.6 Å². The van der Waals surface area contributed by atoms with Gasteiger partial charge in [0.15, 0.2) is 0 Å². The molecule has 6 heteroatoms. The van der Waals surface area contributed by atoms with Crippen LogP contribution in [0.3, 0.4) is 0 Å². The van der Waals surface area contributed by atoms with Gasteiger partial charge in [0.05, 0.1) is 20.1 Å². The number of benzene rings is 1. The molecule has 3 aromatic rings. The molecule has 118 valence electrons. The summed E-state index contributed by atoms with van der Waals surface area (Å²) in [7, 11) is 0. The van der Waals surface area contributed by atoms with E-state index in [2.05, 4.69) is 21.7 Å². The Bertz CT molecular complexity index is 862. The van der Waals surface area contributed by atoms with Crippen LogP contribution in [-0.2, 0) is 0 Å². The molecule has 1 aliphatic heterocycles. The summed E-state index contributed by atoms with van der Waals surface area (Å²) in [6.45, 7) is 3.06. The van der Waals surface area contributed by atoms with E-state index in [0.29, 0.717) is 6.04 Å². The number of anilines is 1. The molecule has 0 aliphatic carbocycles. The van der Waals surface area contributed by atoms with Crippen LogP contribution in [-0.4, -0.2) is 17.4 Å². The highest BCUT2D eigenvalue weighted by Gasteiger charge is 2.19. The third kappa shape index (κ3) is 3.02. The van der Waals surface area contributed by atoms with Gasteiger partial charge in [0.1, 0.15) is 0 Å². The zero-order valence-electron chi connectivity index (χ0n) is 12.8. The Hall–Kier alpha value is -1.76. The lowest BCUT2D eigenvalue weighted by atomic mass is 10.2. The first kappa shape index (κ1) is 14.8. The third-order valence-electron chi connectivity index (χ3n) is 4.01. The minimum Gasteiger partial charge on any atom is -0.321 e. The molecule has 23 heavy (non-hydrogen) atoms. The number of nitrogens with one attached hydrogen (secondary N) is 2. The summed E-state index contributed by atoms with van der Waals surface area (Å²) < 4.78 is 1.10. The number of fused-ring (bicyclic) bond motifs is 1. The third-order valence-corrected chi connectivity index (χ3v) is 6.14. The fourth-order valence-electron chi connectivity index (χ4n) is 2.90. The molecule has 1 saturated heterocycles. The maximum Gasteiger partial charge on any atom is 0.265 e. The van der Waals surface area contributed by atoms with Gasteiger partial charge in [-0.05, 0) is 56.6 Å². The van der Waals surface area contributed by atoms with Gasteiger partial charge in [-0.3, -0.25) is 4.79 Å². The van der Waals surface area contributed by atoms with Crippen molar-refractivity contribution in [3.05, 3.63) is 45.1 Å². The first-order valence-electron chi connectivity index (χ1n) is 7.71. The van der Waals surface area contributed by atoms with E-state index >= 15 is 0 Å². The highest BCUT2D eigenvalue weighted by Crippen LogP contribution is 2.30. The Balaban J connectivity index is 1.51. The van der Waals surface area contributed by atoms with Gasteiger partial charge in [-0.15, -0.1) is 22.7 Å². The van der Waals surface area contributed by atoms with Crippen molar-refractivity contribution in [1.82, 2.24) is 10.3 Å². The van der Waals surface area contributed by atoms with E-state index in [-0.39, 0.29) is 5.91 Å². The lowest BCUT2D eigenvalue weighted by Gasteiger charge is -2.06. The van der Waals surface area contributed by atoms with Crippen LogP contribution in [0.25, 0.3) is 10.2 Å². The van der Waals surface area contributed by atoms with Crippen LogP contribution in [0.1, 0.15) is 38.4 Å². The minimum atomic E-state index is -0.0418. The molecule has 3 heterocycles. The smallest absolute Gasteiger partial charge is 0.265 e. The molecule has 1 aliphatic rings. The molecule has 2 aromatic heterocycles. The maximum atomic E-state index is 12.5. The molecular weight excluding hydrogens is 326 g/mol. The van der Waals surface area contributed by atoms with Gasteiger partial charge in [-0.2, -0.15) is 0 Å². The molecule has 1 amide bonds. The van der Waals surface area contributed by atoms with Crippen molar-refractivity contribution in [2.24, 2.45) is 0 Å². The number of hydrogen-bond donors (Lipinski definition) is 2. The maximum absolute atomic E-state index is 12.5. The lowest BCUT2D eigenvalue weighted by molar-refractivity contribution is 0.103. The number of hydrogen-bond acceptors (Lipinski definition) is 5. The normalized spacial score (nSPS) is 17.7. The van der Waals surface area contributed by atoms with Gasteiger partial charge in [-0.25, -0.2) is 4.98 Å². The fraction of sp³-hybridized carbons (Fsp3) is 0.294. The van der Waals surface area contributed by atoms with E-state index in [9.17, 15) is 4.79 Å². The second-order valence-corrected chi connectivity index (χ2v) is 8.07. The first-order chi connectivity index (χ1) is 11.2. The average molecular weight is 343 g/mol. The summed E-state index contributed by atoms with van der Waals surface area (Å²) in [6.07, 6.45) is 2.36. The van der Waals surface area contributed by atoms with Crippen molar-refractivity contribution in [1.29, 1.82) is 0 Å². The van der Waals surface area contributed by atoms with Crippen molar-refractivity contribution < 1.29 is 4.79 Å². The predicted molar refractivity (Wildman–Crippen MR) is 96.6 cm³/mol. The number of amides is 1. The summed E-state index contributed by atoms with van der Waals surface area (Å²) in [5.74, 6) is -0.0418. The topological polar surface area (TPSA) is 54.0 Å². The van der Waals surface area contributed by atoms with Crippen molar-refractivity contribution in [3.63, 3.8) is 0 Å². The molecular formula is C17H17N3OS2. The number of rotatable bonds is 3. The van der Waals surface area contributed by atoms with Crippen LogP contribution in [0.5, 0.6) is 0 Å². The summed E-state index contributed by atoms with van der Waals surface area (Å²) >= 11 is 3.22. The summed E-state index contributed by atoms with van der Waals surface area (Å²) in [4.78, 5) is 18.9. The van der Waals surface area contributed by atoms with E-state index in [1.54, 1.807) is 22.7 Å². The van der Waals surface area contributed by atoms with Gasteiger partial charge in [0.25, 0.3) is 5.91 Å². The number of carbonyl (C=O) groups excluding carboxylic acids is 1. The minimum absolute atomic E-state index is 0.0418. The second kappa shape index (κ2) is 6.03. The Morgan fingerprint density at radius 2 is 2.22 bits per heavy atom. The van der Waals surface area contributed by atoms with Gasteiger partial charge < -0.3 is 10.6 Å². The average Bonchev–Trinajstić information content (AvgIpc) is 3.26. The molecule has 0 radical (unpaired) electrons. The molecule has 0 bridgehead atoms. The Morgan fingerprint density at radius 1 is 1.30 bits per heavy atom. The molecule has 1 aromatic carbocycles. The van der Waals surface area contributed by atoms with Crippen LogP contribution >= 0.6 is 22.7 Å². The van der Waals surface area contributed by atoms with E-state index in [1.807, 2.05) is 31.2 Å². The van der Waals surface area contributed by atoms with E-state index in [4.69, 9.17) is 0 Å². The number of aryl methyl sites for hydroxylation is 1. The number of nitrogens with zero attached hydrogens (tertiary/aromatic N) is 1. The Labute approximate surface area is 142 Å². The number of thiophene rings is 1. The van der Waals surface area contributed by atoms with Crippen LogP contribution in [0.15, 0.2) is 30.3 Å². The standard InChI is InChI=1S/C17H17N3OS2/c1-10-19-13-5-4-11(9-16(13)22-10)20-17(21)15-7-6-14(23-15)12-3-2-8-18-12/h4-7,9,12,18H,2-3,8H2,1H3,(H,20,21). The lowest BCUT2D eigenvalue weighted by Crippen LogP contribution is -2.11. The summed E-state index contributed by atoms with van der Waals surface area (Å²) in [5, 5.41) is 7.50. The first-order valence-corrected chi connectivity index (χ1v) is 9.34. The highest BCUT2D eigenvalue weighted by molar-refractivity contribution is 7.18. The SMILES string of the molecule is Cc1nc2ccc(NC(=O)c3ccc(C4CCCN4)s3)cc2s1. The zero-order chi connectivity index (χ0) is 15.8. The van der Waals surface area contributed by atoms with Crippen molar-refractivity contribution in [2.45, 2.75) is 25.8 Å². The number of carbonyl (C=O) groups is 1. The quantitative estimate of drug-likeness (QED) is 0.744. The highest BCUT2D eigenvalue weighted by atomic mass is 32.1. The predicted octanol–water partition coefficient (Wildman–Crippen LogP) is 4.34. The summed E-state index contributed by atoms with van der Waals surface area (Å²) in [6, 6.07) is 10.3. The molecule has 4 rings (SSSR count).